The van der Waals surface area contributed by atoms with E-state index in [-0.39, 0.29) is 10.7 Å². The van der Waals surface area contributed by atoms with Crippen LogP contribution in [0.25, 0.3) is 0 Å². The Morgan fingerprint density at radius 1 is 1.35 bits per heavy atom. The van der Waals surface area contributed by atoms with Crippen molar-refractivity contribution < 1.29 is 9.90 Å². The van der Waals surface area contributed by atoms with Gasteiger partial charge in [-0.05, 0) is 31.2 Å². The van der Waals surface area contributed by atoms with Crippen molar-refractivity contribution in [3.63, 3.8) is 0 Å². The Balaban J connectivity index is 2.25. The second-order valence-electron chi connectivity index (χ2n) is 4.47. The molecule has 5 nitrogen and oxygen atoms in total. The number of halogens is 1. The van der Waals surface area contributed by atoms with E-state index in [1.807, 2.05) is 32.2 Å². The number of pyridine rings is 2. The number of hydrogen-bond donors (Lipinski definition) is 1. The highest BCUT2D eigenvalue weighted by Gasteiger charge is 2.11. The van der Waals surface area contributed by atoms with Crippen LogP contribution >= 0.6 is 11.6 Å². The molecule has 0 aromatic carbocycles. The predicted octanol–water partition coefficient (Wildman–Crippen LogP) is 2.77. The molecule has 0 aliphatic heterocycles. The first-order valence-corrected chi connectivity index (χ1v) is 6.38. The van der Waals surface area contributed by atoms with E-state index in [1.54, 1.807) is 4.90 Å². The molecule has 0 fully saturated rings. The molecular formula is C14H14ClN3O2. The van der Waals surface area contributed by atoms with Crippen LogP contribution in [0.3, 0.4) is 0 Å². The zero-order valence-corrected chi connectivity index (χ0v) is 11.9. The molecule has 0 amide bonds. The van der Waals surface area contributed by atoms with Gasteiger partial charge >= 0.3 is 5.97 Å². The van der Waals surface area contributed by atoms with Crippen molar-refractivity contribution in [2.45, 2.75) is 13.5 Å². The summed E-state index contributed by atoms with van der Waals surface area (Å²) in [5.41, 5.74) is 1.93. The Labute approximate surface area is 121 Å². The van der Waals surface area contributed by atoms with E-state index >= 15 is 0 Å². The van der Waals surface area contributed by atoms with Crippen LogP contribution in [-0.2, 0) is 6.54 Å². The quantitative estimate of drug-likeness (QED) is 0.878. The lowest BCUT2D eigenvalue weighted by Gasteiger charge is -2.18. The second kappa shape index (κ2) is 5.88. The average Bonchev–Trinajstić information content (AvgIpc) is 2.37. The number of rotatable bonds is 4. The topological polar surface area (TPSA) is 66.3 Å². The van der Waals surface area contributed by atoms with Gasteiger partial charge in [-0.1, -0.05) is 17.7 Å². The van der Waals surface area contributed by atoms with Crippen molar-refractivity contribution in [3.8, 4) is 0 Å². The standard InChI is InChI=1S/C14H14ClN3O2/c1-9-4-3-5-11(16-9)8-18(2)13-7-10(14(19)20)6-12(15)17-13/h3-7H,8H2,1-2H3,(H,19,20). The van der Waals surface area contributed by atoms with E-state index in [4.69, 9.17) is 16.7 Å². The van der Waals surface area contributed by atoms with Gasteiger partial charge in [0.2, 0.25) is 0 Å². The van der Waals surface area contributed by atoms with Crippen molar-refractivity contribution in [1.82, 2.24) is 9.97 Å². The smallest absolute Gasteiger partial charge is 0.335 e. The van der Waals surface area contributed by atoms with Gasteiger partial charge in [-0.25, -0.2) is 9.78 Å². The number of carbonyl (C=O) groups is 1. The zero-order valence-electron chi connectivity index (χ0n) is 11.2. The summed E-state index contributed by atoms with van der Waals surface area (Å²) in [6, 6.07) is 8.57. The maximum absolute atomic E-state index is 11.0. The first-order valence-electron chi connectivity index (χ1n) is 6.00. The van der Waals surface area contributed by atoms with Crippen molar-refractivity contribution >= 4 is 23.4 Å². The Hall–Kier alpha value is -2.14. The summed E-state index contributed by atoms with van der Waals surface area (Å²) in [5.74, 6) is -0.532. The number of nitrogens with zero attached hydrogens (tertiary/aromatic N) is 3. The molecule has 0 spiro atoms. The highest BCUT2D eigenvalue weighted by molar-refractivity contribution is 6.29. The normalized spacial score (nSPS) is 10.3. The Morgan fingerprint density at radius 2 is 2.10 bits per heavy atom. The molecular weight excluding hydrogens is 278 g/mol. The molecule has 0 aliphatic rings. The van der Waals surface area contributed by atoms with Crippen molar-refractivity contribution in [2.75, 3.05) is 11.9 Å². The van der Waals surface area contributed by atoms with Gasteiger partial charge in [0.15, 0.2) is 0 Å². The molecule has 0 unspecified atom stereocenters. The third kappa shape index (κ3) is 3.45. The SMILES string of the molecule is Cc1cccc(CN(C)c2cc(C(=O)O)cc(Cl)n2)n1. The molecule has 6 heteroatoms. The fourth-order valence-corrected chi connectivity index (χ4v) is 2.02. The monoisotopic (exact) mass is 291 g/mol. The summed E-state index contributed by atoms with van der Waals surface area (Å²) < 4.78 is 0. The van der Waals surface area contributed by atoms with Gasteiger partial charge in [0.05, 0.1) is 17.8 Å². The first kappa shape index (κ1) is 14.3. The molecule has 2 heterocycles. The molecule has 0 atom stereocenters. The Morgan fingerprint density at radius 3 is 2.75 bits per heavy atom. The minimum atomic E-state index is -1.03. The molecule has 2 aromatic rings. The predicted molar refractivity (Wildman–Crippen MR) is 77.3 cm³/mol. The number of hydrogen-bond acceptors (Lipinski definition) is 4. The molecule has 0 aliphatic carbocycles. The number of carboxylic acid groups (broad SMARTS) is 1. The Bertz CT molecular complexity index is 646. The van der Waals surface area contributed by atoms with Crippen LogP contribution in [0.5, 0.6) is 0 Å². The average molecular weight is 292 g/mol. The highest BCUT2D eigenvalue weighted by atomic mass is 35.5. The largest absolute Gasteiger partial charge is 0.478 e. The maximum atomic E-state index is 11.0. The summed E-state index contributed by atoms with van der Waals surface area (Å²) in [7, 11) is 1.81. The molecule has 2 aromatic heterocycles. The molecule has 0 bridgehead atoms. The third-order valence-corrected chi connectivity index (χ3v) is 2.96. The maximum Gasteiger partial charge on any atom is 0.335 e. The van der Waals surface area contributed by atoms with Gasteiger partial charge in [0.25, 0.3) is 0 Å². The third-order valence-electron chi connectivity index (χ3n) is 2.76. The van der Waals surface area contributed by atoms with Crippen LogP contribution in [0.4, 0.5) is 5.82 Å². The van der Waals surface area contributed by atoms with E-state index < -0.39 is 5.97 Å². The second-order valence-corrected chi connectivity index (χ2v) is 4.86. The number of carboxylic acids is 1. The van der Waals surface area contributed by atoms with Gasteiger partial charge in [0.1, 0.15) is 11.0 Å². The molecule has 20 heavy (non-hydrogen) atoms. The molecule has 0 radical (unpaired) electrons. The van der Waals surface area contributed by atoms with Crippen LogP contribution in [0.15, 0.2) is 30.3 Å². The van der Waals surface area contributed by atoms with Gasteiger partial charge in [-0.2, -0.15) is 0 Å². The number of aromatic nitrogens is 2. The fourth-order valence-electron chi connectivity index (χ4n) is 1.81. The van der Waals surface area contributed by atoms with Gasteiger partial charge in [-0.15, -0.1) is 0 Å². The summed E-state index contributed by atoms with van der Waals surface area (Å²) in [5, 5.41) is 9.18. The molecule has 0 saturated heterocycles. The van der Waals surface area contributed by atoms with Crippen LogP contribution in [0.2, 0.25) is 5.15 Å². The summed E-state index contributed by atoms with van der Waals surface area (Å²) in [6.45, 7) is 2.44. The van der Waals surface area contributed by atoms with E-state index in [9.17, 15) is 4.79 Å². The summed E-state index contributed by atoms with van der Waals surface area (Å²) in [4.78, 5) is 21.4. The van der Waals surface area contributed by atoms with Crippen molar-refractivity contribution in [2.24, 2.45) is 0 Å². The minimum absolute atomic E-state index is 0.115. The minimum Gasteiger partial charge on any atom is -0.478 e. The van der Waals surface area contributed by atoms with Crippen molar-refractivity contribution in [1.29, 1.82) is 0 Å². The van der Waals surface area contributed by atoms with Crippen LogP contribution in [0, 0.1) is 6.92 Å². The van der Waals surface area contributed by atoms with Gasteiger partial charge < -0.3 is 10.0 Å². The van der Waals surface area contributed by atoms with E-state index in [0.717, 1.165) is 11.4 Å². The first-order chi connectivity index (χ1) is 9.45. The fraction of sp³-hybridized carbons (Fsp3) is 0.214. The van der Waals surface area contributed by atoms with Crippen molar-refractivity contribution in [3.05, 3.63) is 52.4 Å². The molecule has 0 saturated carbocycles. The lowest BCUT2D eigenvalue weighted by molar-refractivity contribution is 0.0697. The van der Waals surface area contributed by atoms with E-state index in [0.29, 0.717) is 12.4 Å². The van der Waals surface area contributed by atoms with Gasteiger partial charge in [-0.3, -0.25) is 4.98 Å². The lowest BCUT2D eigenvalue weighted by Crippen LogP contribution is -2.19. The molecule has 2 rings (SSSR count). The number of anilines is 1. The summed E-state index contributed by atoms with van der Waals surface area (Å²) >= 11 is 5.85. The zero-order chi connectivity index (χ0) is 14.7. The molecule has 104 valence electrons. The summed E-state index contributed by atoms with van der Waals surface area (Å²) in [6.07, 6.45) is 0. The van der Waals surface area contributed by atoms with Crippen LogP contribution in [-0.4, -0.2) is 28.1 Å². The van der Waals surface area contributed by atoms with Crippen LogP contribution in [0.1, 0.15) is 21.7 Å². The number of aryl methyl sites for hydroxylation is 1. The van der Waals surface area contributed by atoms with E-state index in [2.05, 4.69) is 9.97 Å². The highest BCUT2D eigenvalue weighted by Crippen LogP contribution is 2.18. The van der Waals surface area contributed by atoms with Crippen LogP contribution < -0.4 is 4.90 Å². The Kier molecular flexibility index (Phi) is 4.20. The van der Waals surface area contributed by atoms with E-state index in [1.165, 1.54) is 12.1 Å². The lowest BCUT2D eigenvalue weighted by atomic mass is 10.2. The number of aromatic carboxylic acids is 1. The molecule has 1 N–H and O–H groups in total. The van der Waals surface area contributed by atoms with Gasteiger partial charge in [0, 0.05) is 12.7 Å².